The number of nitrogens with zero attached hydrogens (tertiary/aromatic N) is 3. The zero-order chi connectivity index (χ0) is 50.7. The van der Waals surface area contributed by atoms with E-state index in [-0.39, 0.29) is 11.2 Å². The van der Waals surface area contributed by atoms with Crippen molar-refractivity contribution in [3.05, 3.63) is 216 Å². The molecule has 10 rings (SSSR count). The van der Waals surface area contributed by atoms with Crippen LogP contribution in [0.15, 0.2) is 188 Å². The smallest absolute Gasteiger partial charge is 0.149 e. The van der Waals surface area contributed by atoms with E-state index in [9.17, 15) is 7.85 Å². The van der Waals surface area contributed by atoms with Crippen molar-refractivity contribution in [1.82, 2.24) is 14.5 Å². The van der Waals surface area contributed by atoms with Gasteiger partial charge < -0.3 is 5.11 Å². The lowest BCUT2D eigenvalue weighted by Gasteiger charge is -2.22. The van der Waals surface area contributed by atoms with Gasteiger partial charge in [0.15, 0.2) is 0 Å². The number of aromatic hydroxyl groups is 1. The number of para-hydroxylation sites is 1. The van der Waals surface area contributed by atoms with Gasteiger partial charge in [0.25, 0.3) is 0 Å². The van der Waals surface area contributed by atoms with Crippen molar-refractivity contribution in [3.63, 3.8) is 0 Å². The third-order valence-corrected chi connectivity index (χ3v) is 13.7. The molecule has 0 saturated carbocycles. The Bertz CT molecular complexity index is 3630. The highest BCUT2D eigenvalue weighted by atomic mass is 16.3. The number of aromatic nitrogens is 3. The number of fused-ring (bicyclic) bond motifs is 1. The quantitative estimate of drug-likeness (QED) is 0.149. The maximum Gasteiger partial charge on any atom is 0.149 e. The maximum absolute atomic E-state index is 12.6. The summed E-state index contributed by atoms with van der Waals surface area (Å²) in [6.07, 6.45) is 1.89. The van der Waals surface area contributed by atoms with Crippen LogP contribution in [0.25, 0.3) is 95.0 Å². The van der Waals surface area contributed by atoms with Crippen LogP contribution in [-0.4, -0.2) is 19.6 Å². The van der Waals surface area contributed by atoms with Crippen molar-refractivity contribution < 1.29 is 7.85 Å². The molecule has 0 fully saturated rings. The summed E-state index contributed by atoms with van der Waals surface area (Å²) >= 11 is 0. The Labute approximate surface area is 416 Å². The molecule has 0 unspecified atom stereocenters. The van der Waals surface area contributed by atoms with E-state index in [1.165, 1.54) is 11.1 Å². The van der Waals surface area contributed by atoms with E-state index in [4.69, 9.17) is 9.97 Å². The van der Waals surface area contributed by atoms with Crippen molar-refractivity contribution >= 4 is 11.0 Å². The Morgan fingerprint density at radius 1 is 0.514 bits per heavy atom. The first-order valence-electron chi connectivity index (χ1n) is 25.3. The topological polar surface area (TPSA) is 50.9 Å². The number of hydrogen-bond donors (Lipinski definition) is 1. The van der Waals surface area contributed by atoms with Gasteiger partial charge in [-0.15, -0.1) is 0 Å². The molecule has 10 aromatic rings. The molecular weight excluding hydrogens is 851 g/mol. The predicted octanol–water partition coefficient (Wildman–Crippen LogP) is 18.0. The minimum absolute atomic E-state index is 0.0194. The van der Waals surface area contributed by atoms with Crippen molar-refractivity contribution in [3.8, 4) is 89.7 Å². The summed E-state index contributed by atoms with van der Waals surface area (Å²) in [5.74, 6) is -1.74. The predicted molar refractivity (Wildman–Crippen MR) is 295 cm³/mol. The van der Waals surface area contributed by atoms with Gasteiger partial charge in [-0.3, -0.25) is 9.55 Å². The average Bonchev–Trinajstić information content (AvgIpc) is 3.75. The molecule has 0 amide bonds. The number of hydrogen-bond acceptors (Lipinski definition) is 3. The summed E-state index contributed by atoms with van der Waals surface area (Å²) in [5, 5.41) is 12.6. The second-order valence-corrected chi connectivity index (χ2v) is 20.2. The van der Waals surface area contributed by atoms with Crippen molar-refractivity contribution in [2.24, 2.45) is 0 Å². The number of rotatable bonds is 10. The number of phenolic OH excluding ortho intramolecular Hbond substituents is 1. The molecule has 0 aliphatic rings. The van der Waals surface area contributed by atoms with Gasteiger partial charge in [0.05, 0.1) is 28.0 Å². The largest absolute Gasteiger partial charge is 0.507 e. The Kier molecular flexibility index (Phi) is 11.5. The first-order chi connectivity index (χ1) is 34.3. The molecule has 0 bridgehead atoms. The summed E-state index contributed by atoms with van der Waals surface area (Å²) < 4.78 is 20.7. The van der Waals surface area contributed by atoms with Crippen molar-refractivity contribution in [2.75, 3.05) is 0 Å². The third-order valence-electron chi connectivity index (χ3n) is 13.7. The third kappa shape index (κ3) is 8.87. The number of pyridine rings is 1. The normalized spacial score (nSPS) is 12.5. The van der Waals surface area contributed by atoms with Crippen LogP contribution >= 0.6 is 0 Å². The van der Waals surface area contributed by atoms with Crippen molar-refractivity contribution in [1.29, 1.82) is 0 Å². The monoisotopic (exact) mass is 913 g/mol. The fourth-order valence-corrected chi connectivity index (χ4v) is 9.66. The molecule has 1 N–H and O–H groups in total. The molecule has 0 aliphatic heterocycles. The molecule has 4 nitrogen and oxygen atoms in total. The Balaban J connectivity index is 1.28. The number of benzene rings is 8. The first kappa shape index (κ1) is 43.5. The zero-order valence-corrected chi connectivity index (χ0v) is 41.7. The van der Waals surface area contributed by atoms with E-state index in [2.05, 4.69) is 197 Å². The maximum atomic E-state index is 12.6. The molecule has 0 saturated heterocycles. The van der Waals surface area contributed by atoms with E-state index < -0.39 is 11.8 Å². The van der Waals surface area contributed by atoms with Gasteiger partial charge in [-0.1, -0.05) is 181 Å². The van der Waals surface area contributed by atoms with Crippen LogP contribution in [0.5, 0.6) is 5.75 Å². The number of imidazole rings is 1. The van der Waals surface area contributed by atoms with Gasteiger partial charge in [0.2, 0.25) is 0 Å². The Hall–Kier alpha value is -7.82. The standard InChI is InChI=1S/C66H61N3O/c1-41(2)50-37-56(42(3)4)64(70)59(38-50)65-68-63-55(52-34-51(45-17-12-10-13-18-45)35-53(36-52)60-39-49(31-32-67-60)46-25-23-43(5)24-26-46)21-16-22-61(63)69(65)62-33-44(6)57(40-58(62)47-19-14-11-15-20-47)48-27-29-54(30-28-48)66(7,8)9/h10-42,70H,1-9H3/i41D,42D. The van der Waals surface area contributed by atoms with Crippen LogP contribution in [0.1, 0.15) is 90.8 Å². The fourth-order valence-electron chi connectivity index (χ4n) is 9.66. The fraction of sp³-hybridized carbons (Fsp3) is 0.182. The van der Waals surface area contributed by atoms with E-state index in [1.54, 1.807) is 13.8 Å². The van der Waals surface area contributed by atoms with Crippen LogP contribution in [0, 0.1) is 13.8 Å². The second-order valence-electron chi connectivity index (χ2n) is 20.2. The van der Waals surface area contributed by atoms with Crippen LogP contribution < -0.4 is 0 Å². The van der Waals surface area contributed by atoms with E-state index in [1.807, 2.05) is 44.3 Å². The molecule has 2 heterocycles. The zero-order valence-electron chi connectivity index (χ0n) is 43.7. The minimum atomic E-state index is -1.18. The van der Waals surface area contributed by atoms with Gasteiger partial charge in [0.1, 0.15) is 11.6 Å². The summed E-state index contributed by atoms with van der Waals surface area (Å²) in [5.41, 5.74) is 19.9. The van der Waals surface area contributed by atoms with Crippen LogP contribution in [-0.2, 0) is 5.41 Å². The van der Waals surface area contributed by atoms with Gasteiger partial charge in [-0.05, 0) is 152 Å². The van der Waals surface area contributed by atoms with Gasteiger partial charge in [-0.25, -0.2) is 4.98 Å². The molecule has 4 heteroatoms. The lowest BCUT2D eigenvalue weighted by molar-refractivity contribution is 0.466. The molecule has 0 atom stereocenters. The Morgan fingerprint density at radius 3 is 1.81 bits per heavy atom. The van der Waals surface area contributed by atoms with Crippen molar-refractivity contribution in [2.45, 2.75) is 79.5 Å². The van der Waals surface area contributed by atoms with Crippen LogP contribution in [0.3, 0.4) is 0 Å². The molecule has 0 radical (unpaired) electrons. The molecule has 346 valence electrons. The first-order valence-corrected chi connectivity index (χ1v) is 24.3. The summed E-state index contributed by atoms with van der Waals surface area (Å²) in [6.45, 7) is 18.2. The highest BCUT2D eigenvalue weighted by Crippen LogP contribution is 2.45. The average molecular weight is 914 g/mol. The number of phenols is 1. The minimum Gasteiger partial charge on any atom is -0.507 e. The van der Waals surface area contributed by atoms with Crippen LogP contribution in [0.4, 0.5) is 0 Å². The van der Waals surface area contributed by atoms with Gasteiger partial charge in [-0.2, -0.15) is 0 Å². The summed E-state index contributed by atoms with van der Waals surface area (Å²) in [6, 6.07) is 63.9. The van der Waals surface area contributed by atoms with E-state index in [0.717, 1.165) is 89.2 Å². The van der Waals surface area contributed by atoms with Gasteiger partial charge in [0, 0.05) is 25.6 Å². The number of aryl methyl sites for hydroxylation is 2. The lowest BCUT2D eigenvalue weighted by atomic mass is 9.85. The van der Waals surface area contributed by atoms with Gasteiger partial charge >= 0.3 is 0 Å². The summed E-state index contributed by atoms with van der Waals surface area (Å²) in [4.78, 5) is 10.6. The highest BCUT2D eigenvalue weighted by Gasteiger charge is 2.26. The van der Waals surface area contributed by atoms with Crippen LogP contribution in [0.2, 0.25) is 0 Å². The summed E-state index contributed by atoms with van der Waals surface area (Å²) in [7, 11) is 0. The highest BCUT2D eigenvalue weighted by molar-refractivity contribution is 5.99. The molecule has 70 heavy (non-hydrogen) atoms. The molecular formula is C66H61N3O. The molecule has 0 spiro atoms. The molecule has 8 aromatic carbocycles. The lowest BCUT2D eigenvalue weighted by Crippen LogP contribution is -2.10. The van der Waals surface area contributed by atoms with E-state index >= 15 is 0 Å². The van der Waals surface area contributed by atoms with E-state index in [0.29, 0.717) is 22.5 Å². The second kappa shape index (κ2) is 18.6. The SMILES string of the molecule is [2H]C(C)(C)c1cc(-c2nc3c(-c4cc(-c5ccccc5)cc(-c5cc(-c6ccc(C)cc6)ccn5)c4)cccc3n2-c2cc(C)c(-c3ccc(C(C)(C)C)cc3)cc2-c2ccccc2)c(O)c(C([2H])(C)C)c1. The molecule has 0 aliphatic carbocycles. The molecule has 2 aromatic heterocycles. The Morgan fingerprint density at radius 2 is 1.14 bits per heavy atom.